The number of hydrogen-bond donors (Lipinski definition) is 1. The molecule has 0 saturated carbocycles. The Morgan fingerprint density at radius 2 is 1.76 bits per heavy atom. The Morgan fingerprint density at radius 1 is 1.24 bits per heavy atom. The number of carboxylic acid groups (broad SMARTS) is 1. The van der Waals surface area contributed by atoms with Gasteiger partial charge in [-0.15, -0.1) is 0 Å². The number of carbonyl (C=O) groups is 1. The van der Waals surface area contributed by atoms with Gasteiger partial charge in [-0.2, -0.15) is 0 Å². The SMILES string of the molecule is O=C(O)C(=Cc1ccc(P(=O)=O)cc1)C(F)F. The molecule has 0 radical (unpaired) electrons. The van der Waals surface area contributed by atoms with Gasteiger partial charge in [0.1, 0.15) is 5.57 Å². The van der Waals surface area contributed by atoms with Crippen molar-refractivity contribution >= 4 is 25.0 Å². The van der Waals surface area contributed by atoms with E-state index in [0.717, 1.165) is 6.08 Å². The first-order valence-electron chi connectivity index (χ1n) is 4.39. The van der Waals surface area contributed by atoms with Crippen LogP contribution in [0.1, 0.15) is 5.56 Å². The molecule has 0 aliphatic heterocycles. The molecule has 0 aliphatic rings. The maximum atomic E-state index is 12.3. The highest BCUT2D eigenvalue weighted by atomic mass is 31.1. The summed E-state index contributed by atoms with van der Waals surface area (Å²) in [6, 6.07) is 4.93. The van der Waals surface area contributed by atoms with Gasteiger partial charge in [0.05, 0.1) is 5.30 Å². The van der Waals surface area contributed by atoms with Crippen LogP contribution in [0.3, 0.4) is 0 Å². The first-order chi connectivity index (χ1) is 7.91. The third-order valence-electron chi connectivity index (χ3n) is 1.91. The van der Waals surface area contributed by atoms with Crippen molar-refractivity contribution in [1.82, 2.24) is 0 Å². The molecular weight excluding hydrogens is 253 g/mol. The standard InChI is InChI=1S/C10H7F2O4P/c11-9(12)8(10(13)14)5-6-1-3-7(4-2-6)17(15)16/h1-5,9H,(H,13,14). The molecule has 0 heterocycles. The topological polar surface area (TPSA) is 71.4 Å². The number of carboxylic acids is 1. The molecule has 7 heteroatoms. The fourth-order valence-corrected chi connectivity index (χ4v) is 1.48. The monoisotopic (exact) mass is 260 g/mol. The predicted molar refractivity (Wildman–Crippen MR) is 56.0 cm³/mol. The number of alkyl halides is 2. The van der Waals surface area contributed by atoms with Gasteiger partial charge >= 0.3 is 13.6 Å². The van der Waals surface area contributed by atoms with Crippen LogP contribution in [-0.2, 0) is 13.9 Å². The molecule has 0 saturated heterocycles. The Bertz CT molecular complexity index is 510. The summed E-state index contributed by atoms with van der Waals surface area (Å²) in [5, 5.41) is 8.54. The lowest BCUT2D eigenvalue weighted by molar-refractivity contribution is -0.133. The minimum Gasteiger partial charge on any atom is -0.478 e. The van der Waals surface area contributed by atoms with Gasteiger partial charge in [-0.1, -0.05) is 12.1 Å². The molecule has 0 unspecified atom stereocenters. The first kappa shape index (κ1) is 13.3. The van der Waals surface area contributed by atoms with Crippen molar-refractivity contribution in [2.75, 3.05) is 0 Å². The number of rotatable bonds is 4. The molecular formula is C10H7F2O4P. The van der Waals surface area contributed by atoms with Gasteiger partial charge in [0.15, 0.2) is 0 Å². The molecule has 1 N–H and O–H groups in total. The molecule has 0 bridgehead atoms. The lowest BCUT2D eigenvalue weighted by atomic mass is 10.1. The number of aliphatic carboxylic acids is 1. The summed E-state index contributed by atoms with van der Waals surface area (Å²) in [7, 11) is -2.74. The van der Waals surface area contributed by atoms with Crippen LogP contribution in [0.25, 0.3) is 6.08 Å². The molecule has 1 aromatic carbocycles. The maximum absolute atomic E-state index is 12.3. The second kappa shape index (κ2) is 5.50. The van der Waals surface area contributed by atoms with E-state index in [9.17, 15) is 22.7 Å². The average Bonchev–Trinajstić information content (AvgIpc) is 2.25. The lowest BCUT2D eigenvalue weighted by Gasteiger charge is -2.00. The van der Waals surface area contributed by atoms with Gasteiger partial charge < -0.3 is 5.11 Å². The lowest BCUT2D eigenvalue weighted by Crippen LogP contribution is -2.08. The number of benzene rings is 1. The number of halogens is 2. The first-order valence-corrected chi connectivity index (χ1v) is 5.57. The van der Waals surface area contributed by atoms with Crippen LogP contribution in [0.15, 0.2) is 29.8 Å². The van der Waals surface area contributed by atoms with E-state index in [1.165, 1.54) is 24.3 Å². The third-order valence-corrected chi connectivity index (χ3v) is 2.63. The highest BCUT2D eigenvalue weighted by Crippen LogP contribution is 2.14. The normalized spacial score (nSPS) is 11.6. The van der Waals surface area contributed by atoms with Crippen LogP contribution in [0.5, 0.6) is 0 Å². The van der Waals surface area contributed by atoms with Gasteiger partial charge in [0.2, 0.25) is 0 Å². The van der Waals surface area contributed by atoms with Crippen LogP contribution >= 0.6 is 7.68 Å². The van der Waals surface area contributed by atoms with Crippen molar-refractivity contribution in [3.05, 3.63) is 35.4 Å². The molecule has 0 spiro atoms. The number of hydrogen-bond acceptors (Lipinski definition) is 3. The second-order valence-corrected chi connectivity index (χ2v) is 4.08. The Hall–Kier alpha value is -1.81. The van der Waals surface area contributed by atoms with Crippen LogP contribution in [0.2, 0.25) is 0 Å². The van der Waals surface area contributed by atoms with E-state index in [0.29, 0.717) is 0 Å². The van der Waals surface area contributed by atoms with E-state index in [4.69, 9.17) is 5.11 Å². The Balaban J connectivity index is 3.09. The Kier molecular flexibility index (Phi) is 4.29. The highest BCUT2D eigenvalue weighted by Gasteiger charge is 2.18. The zero-order valence-electron chi connectivity index (χ0n) is 8.34. The fraction of sp³-hybridized carbons (Fsp3) is 0.100. The van der Waals surface area contributed by atoms with E-state index in [1.807, 2.05) is 0 Å². The van der Waals surface area contributed by atoms with Crippen molar-refractivity contribution in [3.8, 4) is 0 Å². The minimum absolute atomic E-state index is 0.0334. The fourth-order valence-electron chi connectivity index (χ4n) is 1.09. The average molecular weight is 260 g/mol. The summed E-state index contributed by atoms with van der Waals surface area (Å²) in [5.41, 5.74) is -0.840. The van der Waals surface area contributed by atoms with Gasteiger partial charge in [-0.3, -0.25) is 0 Å². The molecule has 0 aromatic heterocycles. The minimum atomic E-state index is -3.09. The van der Waals surface area contributed by atoms with E-state index in [-0.39, 0.29) is 10.9 Å². The molecule has 4 nitrogen and oxygen atoms in total. The Labute approximate surface area is 95.4 Å². The molecule has 90 valence electrons. The second-order valence-electron chi connectivity index (χ2n) is 3.05. The zero-order chi connectivity index (χ0) is 13.0. The van der Waals surface area contributed by atoms with Crippen molar-refractivity contribution in [2.45, 2.75) is 6.43 Å². The largest absolute Gasteiger partial charge is 0.478 e. The van der Waals surface area contributed by atoms with Crippen molar-refractivity contribution in [1.29, 1.82) is 0 Å². The molecule has 1 rings (SSSR count). The van der Waals surface area contributed by atoms with Crippen LogP contribution in [0.4, 0.5) is 8.78 Å². The van der Waals surface area contributed by atoms with E-state index >= 15 is 0 Å². The quantitative estimate of drug-likeness (QED) is 0.665. The molecule has 0 fully saturated rings. The van der Waals surface area contributed by atoms with Crippen LogP contribution in [-0.4, -0.2) is 17.5 Å². The van der Waals surface area contributed by atoms with Gasteiger partial charge in [-0.25, -0.2) is 22.7 Å². The summed E-state index contributed by atoms with van der Waals surface area (Å²) < 4.78 is 45.7. The van der Waals surface area contributed by atoms with Gasteiger partial charge in [0, 0.05) is 0 Å². The van der Waals surface area contributed by atoms with E-state index in [2.05, 4.69) is 0 Å². The summed E-state index contributed by atoms with van der Waals surface area (Å²) in [4.78, 5) is 10.5. The van der Waals surface area contributed by atoms with Crippen LogP contribution < -0.4 is 5.30 Å². The Morgan fingerprint density at radius 3 is 2.12 bits per heavy atom. The molecule has 1 aromatic rings. The smallest absolute Gasteiger partial charge is 0.348 e. The summed E-state index contributed by atoms with van der Waals surface area (Å²) in [5.74, 6) is -1.71. The summed E-state index contributed by atoms with van der Waals surface area (Å²) in [6.07, 6.45) is -2.29. The molecule has 0 amide bonds. The third kappa shape index (κ3) is 3.60. The van der Waals surface area contributed by atoms with Gasteiger partial charge in [0.25, 0.3) is 6.43 Å². The highest BCUT2D eigenvalue weighted by molar-refractivity contribution is 7.40. The van der Waals surface area contributed by atoms with Gasteiger partial charge in [-0.05, 0) is 23.8 Å². The zero-order valence-corrected chi connectivity index (χ0v) is 9.23. The molecule has 0 aliphatic carbocycles. The van der Waals surface area contributed by atoms with E-state index < -0.39 is 25.6 Å². The summed E-state index contributed by atoms with van der Waals surface area (Å²) >= 11 is 0. The molecule has 0 atom stereocenters. The van der Waals surface area contributed by atoms with Crippen molar-refractivity contribution in [2.24, 2.45) is 0 Å². The maximum Gasteiger partial charge on any atom is 0.348 e. The van der Waals surface area contributed by atoms with Crippen molar-refractivity contribution < 1.29 is 27.8 Å². The summed E-state index contributed by atoms with van der Waals surface area (Å²) in [6.45, 7) is 0. The molecule has 17 heavy (non-hydrogen) atoms. The predicted octanol–water partition coefficient (Wildman–Crippen LogP) is 2.22. The van der Waals surface area contributed by atoms with Crippen LogP contribution in [0, 0.1) is 0 Å². The van der Waals surface area contributed by atoms with Crippen molar-refractivity contribution in [3.63, 3.8) is 0 Å². The van der Waals surface area contributed by atoms with E-state index in [1.54, 1.807) is 0 Å².